The number of aromatic nitrogens is 2. The number of carbonyl (C=O) groups is 1. The van der Waals surface area contributed by atoms with Crippen LogP contribution < -0.4 is 0 Å². The van der Waals surface area contributed by atoms with Gasteiger partial charge in [0.25, 0.3) is 0 Å². The first kappa shape index (κ1) is 13.3. The lowest BCUT2D eigenvalue weighted by Crippen LogP contribution is -2.18. The molecule has 0 aliphatic carbocycles. The van der Waals surface area contributed by atoms with Gasteiger partial charge in [-0.05, 0) is 36.4 Å². The van der Waals surface area contributed by atoms with E-state index in [1.807, 2.05) is 0 Å². The van der Waals surface area contributed by atoms with Crippen molar-refractivity contribution in [1.82, 2.24) is 9.78 Å². The summed E-state index contributed by atoms with van der Waals surface area (Å²) in [4.78, 5) is 10.7. The highest BCUT2D eigenvalue weighted by molar-refractivity contribution is 14.1. The Hall–Kier alpha value is -0.800. The zero-order chi connectivity index (χ0) is 12.7. The van der Waals surface area contributed by atoms with Crippen LogP contribution in [-0.2, 0) is 11.0 Å². The van der Waals surface area contributed by atoms with Crippen molar-refractivity contribution in [2.45, 2.75) is 26.1 Å². The molecule has 1 aromatic heterocycles. The van der Waals surface area contributed by atoms with Crippen LogP contribution in [0.1, 0.15) is 24.4 Å². The fourth-order valence-electron chi connectivity index (χ4n) is 1.16. The Bertz CT molecular complexity index is 428. The van der Waals surface area contributed by atoms with E-state index in [4.69, 9.17) is 5.11 Å². The molecule has 8 heteroatoms. The summed E-state index contributed by atoms with van der Waals surface area (Å²) >= 11 is 1.51. The lowest BCUT2D eigenvalue weighted by Gasteiger charge is -2.08. The molecule has 0 saturated carbocycles. The number of halogens is 4. The average Bonchev–Trinajstić information content (AvgIpc) is 2.42. The van der Waals surface area contributed by atoms with Crippen LogP contribution in [0.5, 0.6) is 0 Å². The number of hydrogen-bond acceptors (Lipinski definition) is 2. The van der Waals surface area contributed by atoms with Gasteiger partial charge in [0.1, 0.15) is 6.04 Å². The van der Waals surface area contributed by atoms with E-state index in [0.29, 0.717) is 0 Å². The Kier molecular flexibility index (Phi) is 3.50. The van der Waals surface area contributed by atoms with Gasteiger partial charge in [-0.3, -0.25) is 4.68 Å². The van der Waals surface area contributed by atoms with Crippen LogP contribution in [0.3, 0.4) is 0 Å². The van der Waals surface area contributed by atoms with Gasteiger partial charge < -0.3 is 5.11 Å². The minimum Gasteiger partial charge on any atom is -0.480 e. The average molecular weight is 348 g/mol. The SMILES string of the molecule is Cc1c(I)c(C(F)(F)F)nn1[C@@H](C)C(=O)O. The van der Waals surface area contributed by atoms with Crippen molar-refractivity contribution in [3.05, 3.63) is 15.0 Å². The molecule has 0 saturated heterocycles. The second kappa shape index (κ2) is 4.22. The van der Waals surface area contributed by atoms with Gasteiger partial charge >= 0.3 is 12.1 Å². The Morgan fingerprint density at radius 2 is 2.06 bits per heavy atom. The van der Waals surface area contributed by atoms with Gasteiger partial charge in [0, 0.05) is 0 Å². The number of alkyl halides is 3. The fraction of sp³-hybridized carbons (Fsp3) is 0.500. The molecule has 1 N–H and O–H groups in total. The van der Waals surface area contributed by atoms with Crippen molar-refractivity contribution >= 4 is 28.6 Å². The Morgan fingerprint density at radius 1 is 1.56 bits per heavy atom. The number of carboxylic acids is 1. The Labute approximate surface area is 103 Å². The summed E-state index contributed by atoms with van der Waals surface area (Å²) in [6.45, 7) is 2.68. The molecular weight excluding hydrogens is 340 g/mol. The fourth-order valence-corrected chi connectivity index (χ4v) is 1.82. The highest BCUT2D eigenvalue weighted by Gasteiger charge is 2.38. The number of rotatable bonds is 2. The molecule has 1 rings (SSSR count). The zero-order valence-electron chi connectivity index (χ0n) is 8.34. The maximum Gasteiger partial charge on any atom is 0.436 e. The quantitative estimate of drug-likeness (QED) is 0.836. The summed E-state index contributed by atoms with van der Waals surface area (Å²) in [6.07, 6.45) is -4.56. The number of carboxylic acid groups (broad SMARTS) is 1. The largest absolute Gasteiger partial charge is 0.480 e. The summed E-state index contributed by atoms with van der Waals surface area (Å²) in [5.41, 5.74) is -0.846. The molecule has 1 heterocycles. The van der Waals surface area contributed by atoms with Crippen LogP contribution in [0.2, 0.25) is 0 Å². The van der Waals surface area contributed by atoms with Gasteiger partial charge in [-0.1, -0.05) is 0 Å². The molecule has 1 atom stereocenters. The predicted octanol–water partition coefficient (Wildman–Crippen LogP) is 2.46. The second-order valence-electron chi connectivity index (χ2n) is 3.20. The molecule has 1 aromatic rings. The van der Waals surface area contributed by atoms with Crippen LogP contribution in [0.25, 0.3) is 0 Å². The summed E-state index contributed by atoms with van der Waals surface area (Å²) in [5, 5.41) is 12.0. The van der Waals surface area contributed by atoms with E-state index in [0.717, 1.165) is 4.68 Å². The highest BCUT2D eigenvalue weighted by atomic mass is 127. The van der Waals surface area contributed by atoms with E-state index in [9.17, 15) is 18.0 Å². The normalized spacial score (nSPS) is 13.9. The van der Waals surface area contributed by atoms with Crippen molar-refractivity contribution in [1.29, 1.82) is 0 Å². The van der Waals surface area contributed by atoms with Crippen LogP contribution in [0, 0.1) is 10.5 Å². The summed E-state index contributed by atoms with van der Waals surface area (Å²) in [5.74, 6) is -1.23. The van der Waals surface area contributed by atoms with E-state index in [1.165, 1.54) is 36.4 Å². The third-order valence-corrected chi connectivity index (χ3v) is 3.36. The summed E-state index contributed by atoms with van der Waals surface area (Å²) in [7, 11) is 0. The van der Waals surface area contributed by atoms with Gasteiger partial charge in [-0.15, -0.1) is 0 Å². The lowest BCUT2D eigenvalue weighted by molar-refractivity contribution is -0.144. The van der Waals surface area contributed by atoms with Crippen LogP contribution in [0.4, 0.5) is 13.2 Å². The summed E-state index contributed by atoms with van der Waals surface area (Å²) < 4.78 is 38.2. The molecule has 16 heavy (non-hydrogen) atoms. The molecule has 0 bridgehead atoms. The van der Waals surface area contributed by atoms with Crippen molar-refractivity contribution in [3.8, 4) is 0 Å². The number of hydrogen-bond donors (Lipinski definition) is 1. The van der Waals surface area contributed by atoms with Gasteiger partial charge in [-0.25, -0.2) is 4.79 Å². The van der Waals surface area contributed by atoms with Gasteiger partial charge in [0.15, 0.2) is 5.69 Å². The van der Waals surface area contributed by atoms with E-state index in [2.05, 4.69) is 5.10 Å². The molecule has 4 nitrogen and oxygen atoms in total. The van der Waals surface area contributed by atoms with E-state index in [-0.39, 0.29) is 9.26 Å². The summed E-state index contributed by atoms with van der Waals surface area (Å²) in [6, 6.07) is -1.12. The highest BCUT2D eigenvalue weighted by Crippen LogP contribution is 2.33. The minimum absolute atomic E-state index is 0.0711. The molecule has 0 amide bonds. The van der Waals surface area contributed by atoms with Crippen molar-refractivity contribution in [2.24, 2.45) is 0 Å². The molecule has 0 radical (unpaired) electrons. The van der Waals surface area contributed by atoms with E-state index >= 15 is 0 Å². The van der Waals surface area contributed by atoms with Gasteiger partial charge in [0.05, 0.1) is 9.26 Å². The maximum atomic E-state index is 12.5. The van der Waals surface area contributed by atoms with Gasteiger partial charge in [-0.2, -0.15) is 18.3 Å². The molecule has 0 spiro atoms. The number of aliphatic carboxylic acids is 1. The van der Waals surface area contributed by atoms with Crippen LogP contribution >= 0.6 is 22.6 Å². The first-order valence-corrected chi connectivity index (χ1v) is 5.28. The first-order valence-electron chi connectivity index (χ1n) is 4.21. The molecule has 0 unspecified atom stereocenters. The second-order valence-corrected chi connectivity index (χ2v) is 4.28. The predicted molar refractivity (Wildman–Crippen MR) is 57.0 cm³/mol. The van der Waals surface area contributed by atoms with Crippen molar-refractivity contribution in [2.75, 3.05) is 0 Å². The molecule has 90 valence electrons. The van der Waals surface area contributed by atoms with Crippen molar-refractivity contribution < 1.29 is 23.1 Å². The standard InChI is InChI=1S/C8H8F3IN2O2/c1-3-5(12)6(8(9,10)11)13-14(3)4(2)7(15)16/h4H,1-2H3,(H,15,16)/t4-/m0/s1. The smallest absolute Gasteiger partial charge is 0.436 e. The van der Waals surface area contributed by atoms with Crippen LogP contribution in [0.15, 0.2) is 0 Å². The maximum absolute atomic E-state index is 12.5. The Morgan fingerprint density at radius 3 is 2.38 bits per heavy atom. The van der Waals surface area contributed by atoms with Crippen LogP contribution in [-0.4, -0.2) is 20.9 Å². The molecular formula is C8H8F3IN2O2. The first-order chi connectivity index (χ1) is 7.16. The monoisotopic (exact) mass is 348 g/mol. The third-order valence-electron chi connectivity index (χ3n) is 2.07. The Balaban J connectivity index is 3.30. The minimum atomic E-state index is -4.56. The van der Waals surface area contributed by atoms with E-state index in [1.54, 1.807) is 0 Å². The molecule has 0 aliphatic rings. The number of nitrogens with zero attached hydrogens (tertiary/aromatic N) is 2. The molecule has 0 aromatic carbocycles. The lowest BCUT2D eigenvalue weighted by atomic mass is 10.3. The molecule has 0 aliphatic heterocycles. The van der Waals surface area contributed by atoms with Gasteiger partial charge in [0.2, 0.25) is 0 Å². The zero-order valence-corrected chi connectivity index (χ0v) is 10.5. The molecule has 0 fully saturated rings. The third kappa shape index (κ3) is 2.30. The van der Waals surface area contributed by atoms with Crippen molar-refractivity contribution in [3.63, 3.8) is 0 Å². The topological polar surface area (TPSA) is 55.1 Å². The van der Waals surface area contributed by atoms with E-state index < -0.39 is 23.9 Å².